The quantitative estimate of drug-likeness (QED) is 0.182. The molecule has 6 heteroatoms. The van der Waals surface area contributed by atoms with Crippen molar-refractivity contribution >= 4 is 27.3 Å². The van der Waals surface area contributed by atoms with E-state index < -0.39 is 27.8 Å². The van der Waals surface area contributed by atoms with Gasteiger partial charge in [0, 0.05) is 22.6 Å². The summed E-state index contributed by atoms with van der Waals surface area (Å²) in [5.74, 6) is -1.38. The van der Waals surface area contributed by atoms with Crippen molar-refractivity contribution in [3.63, 3.8) is 0 Å². The van der Waals surface area contributed by atoms with Crippen LogP contribution in [-0.4, -0.2) is 26.0 Å². The second kappa shape index (κ2) is 10.9. The Morgan fingerprint density at radius 3 is 1.80 bits per heavy atom. The van der Waals surface area contributed by atoms with Crippen molar-refractivity contribution in [1.82, 2.24) is 0 Å². The van der Waals surface area contributed by atoms with E-state index in [0.29, 0.717) is 16.8 Å². The lowest BCUT2D eigenvalue weighted by atomic mass is 9.87. The number of rotatable bonds is 8. The molecular weight excluding hydrogens is 518 g/mol. The van der Waals surface area contributed by atoms with Gasteiger partial charge in [0.05, 0.1) is 16.6 Å². The molecule has 0 spiro atoms. The Balaban J connectivity index is 1.82. The average molecular weight is 548 g/mol. The van der Waals surface area contributed by atoms with Gasteiger partial charge in [-0.05, 0) is 49.2 Å². The first-order valence-electron chi connectivity index (χ1n) is 13.0. The predicted molar refractivity (Wildman–Crippen MR) is 158 cm³/mol. The number of hydrogen-bond acceptors (Lipinski definition) is 4. The number of aryl methyl sites for hydroxylation is 1. The van der Waals surface area contributed by atoms with Crippen LogP contribution in [0.25, 0.3) is 0 Å². The van der Waals surface area contributed by atoms with Crippen LogP contribution in [-0.2, 0) is 14.8 Å². The third-order valence-electron chi connectivity index (χ3n) is 7.19. The van der Waals surface area contributed by atoms with Crippen LogP contribution in [0.3, 0.4) is 0 Å². The van der Waals surface area contributed by atoms with Gasteiger partial charge in [-0.2, -0.15) is 0 Å². The van der Waals surface area contributed by atoms with Crippen molar-refractivity contribution in [3.8, 4) is 0 Å². The molecule has 0 bridgehead atoms. The van der Waals surface area contributed by atoms with Crippen molar-refractivity contribution in [3.05, 3.63) is 155 Å². The molecule has 1 aliphatic rings. The molecule has 40 heavy (non-hydrogen) atoms. The largest absolute Gasteiger partial charge is 0.295 e. The highest BCUT2D eigenvalue weighted by Crippen LogP contribution is 2.48. The zero-order valence-corrected chi connectivity index (χ0v) is 23.1. The molecule has 5 rings (SSSR count). The molecule has 0 N–H and O–H groups in total. The molecule has 0 aromatic heterocycles. The monoisotopic (exact) mass is 547 g/mol. The maximum Gasteiger partial charge on any atom is 0.265 e. The number of nitrogens with zero attached hydrogens (tertiary/aromatic N) is 1. The zero-order valence-electron chi connectivity index (χ0n) is 22.3. The summed E-state index contributed by atoms with van der Waals surface area (Å²) in [7, 11) is -4.22. The topological polar surface area (TPSA) is 71.5 Å². The van der Waals surface area contributed by atoms with Gasteiger partial charge in [0.1, 0.15) is 0 Å². The molecule has 0 saturated carbocycles. The third kappa shape index (κ3) is 4.82. The van der Waals surface area contributed by atoms with E-state index in [2.05, 4.69) is 6.58 Å². The summed E-state index contributed by atoms with van der Waals surface area (Å²) in [6.45, 7) is 7.67. The summed E-state index contributed by atoms with van der Waals surface area (Å²) < 4.78 is 30.2. The number of hydrogen-bond donors (Lipinski definition) is 0. The minimum atomic E-state index is -4.22. The lowest BCUT2D eigenvalue weighted by Crippen LogP contribution is -2.43. The van der Waals surface area contributed by atoms with E-state index in [1.54, 1.807) is 84.9 Å². The number of Topliss-reactive ketones (excluding diaryl/α,β-unsaturated/α-hetero) is 2. The molecule has 200 valence electrons. The van der Waals surface area contributed by atoms with E-state index in [1.165, 1.54) is 11.2 Å². The summed E-state index contributed by atoms with van der Waals surface area (Å²) in [6.07, 6.45) is 0. The Labute approximate surface area is 235 Å². The SMILES string of the molecule is C=C1[C@H](c2ccccc2)C(C(C)=O)=C(C(=O)c2ccccc2)[C@H]1N(c1ccccc1)S(=O)(=O)c1ccc(C)cc1. The number of carbonyl (C=O) groups is 2. The van der Waals surface area contributed by atoms with Gasteiger partial charge in [0.25, 0.3) is 10.0 Å². The predicted octanol–water partition coefficient (Wildman–Crippen LogP) is 6.68. The molecule has 4 aromatic carbocycles. The van der Waals surface area contributed by atoms with E-state index >= 15 is 0 Å². The van der Waals surface area contributed by atoms with Crippen LogP contribution in [0.15, 0.2) is 143 Å². The maximum atomic E-state index is 14.5. The molecule has 5 nitrogen and oxygen atoms in total. The Kier molecular flexibility index (Phi) is 7.37. The fourth-order valence-electron chi connectivity index (χ4n) is 5.34. The van der Waals surface area contributed by atoms with Gasteiger partial charge in [-0.15, -0.1) is 0 Å². The molecule has 0 radical (unpaired) electrons. The highest BCUT2D eigenvalue weighted by atomic mass is 32.2. The Hall–Kier alpha value is -4.55. The smallest absolute Gasteiger partial charge is 0.265 e. The summed E-state index contributed by atoms with van der Waals surface area (Å²) >= 11 is 0. The van der Waals surface area contributed by atoms with Gasteiger partial charge < -0.3 is 0 Å². The Bertz CT molecular complexity index is 1710. The molecule has 4 aromatic rings. The van der Waals surface area contributed by atoms with Gasteiger partial charge in [-0.1, -0.05) is 103 Å². The van der Waals surface area contributed by atoms with Crippen LogP contribution in [0, 0.1) is 6.92 Å². The zero-order chi connectivity index (χ0) is 28.4. The first-order valence-corrected chi connectivity index (χ1v) is 14.4. The number of para-hydroxylation sites is 1. The Morgan fingerprint density at radius 2 is 1.25 bits per heavy atom. The van der Waals surface area contributed by atoms with Crippen LogP contribution in [0.1, 0.15) is 34.3 Å². The van der Waals surface area contributed by atoms with Gasteiger partial charge >= 0.3 is 0 Å². The highest BCUT2D eigenvalue weighted by molar-refractivity contribution is 7.92. The fraction of sp³-hybridized carbons (Fsp3) is 0.118. The minimum absolute atomic E-state index is 0.0776. The first kappa shape index (κ1) is 27.0. The number of sulfonamides is 1. The normalized spacial score (nSPS) is 17.1. The Morgan fingerprint density at radius 1 is 0.725 bits per heavy atom. The van der Waals surface area contributed by atoms with Crippen molar-refractivity contribution in [2.75, 3.05) is 4.31 Å². The molecule has 0 unspecified atom stereocenters. The van der Waals surface area contributed by atoms with Crippen LogP contribution in [0.4, 0.5) is 5.69 Å². The molecule has 1 aliphatic carbocycles. The third-order valence-corrected chi connectivity index (χ3v) is 9.00. The van der Waals surface area contributed by atoms with Gasteiger partial charge in [0.15, 0.2) is 11.6 Å². The van der Waals surface area contributed by atoms with Crippen molar-refractivity contribution < 1.29 is 18.0 Å². The summed E-state index contributed by atoms with van der Waals surface area (Å²) in [6, 6.07) is 32.1. The number of carbonyl (C=O) groups excluding carboxylic acids is 2. The van der Waals surface area contributed by atoms with Crippen LogP contribution >= 0.6 is 0 Å². The van der Waals surface area contributed by atoms with Crippen molar-refractivity contribution in [2.45, 2.75) is 30.7 Å². The molecule has 0 fully saturated rings. The van der Waals surface area contributed by atoms with Crippen LogP contribution in [0.5, 0.6) is 0 Å². The van der Waals surface area contributed by atoms with Crippen molar-refractivity contribution in [2.24, 2.45) is 0 Å². The lowest BCUT2D eigenvalue weighted by molar-refractivity contribution is -0.113. The second-order valence-corrected chi connectivity index (χ2v) is 11.7. The fourth-order valence-corrected chi connectivity index (χ4v) is 6.96. The average Bonchev–Trinajstić information content (AvgIpc) is 3.27. The summed E-state index contributed by atoms with van der Waals surface area (Å²) in [5.41, 5.74) is 3.23. The number of allylic oxidation sites excluding steroid dienone is 1. The second-order valence-electron chi connectivity index (χ2n) is 9.85. The lowest BCUT2D eigenvalue weighted by Gasteiger charge is -2.33. The number of ketones is 2. The molecule has 0 aliphatic heterocycles. The molecule has 0 heterocycles. The van der Waals surface area contributed by atoms with Crippen LogP contribution < -0.4 is 4.31 Å². The molecular formula is C34H29NO4S. The summed E-state index contributed by atoms with van der Waals surface area (Å²) in [4.78, 5) is 27.7. The van der Waals surface area contributed by atoms with Crippen LogP contribution in [0.2, 0.25) is 0 Å². The standard InChI is InChI=1S/C34H29NO4S/c1-23-19-21-29(22-20-23)40(38,39)35(28-17-11-6-12-18-28)33-24(2)30(26-13-7-4-8-14-26)31(25(3)36)32(33)34(37)27-15-9-5-10-16-27/h4-22,30,33H,2H2,1,3H3/t30-,33+/m1/s1. The van der Waals surface area contributed by atoms with E-state index in [9.17, 15) is 18.0 Å². The minimum Gasteiger partial charge on any atom is -0.295 e. The molecule has 2 atom stereocenters. The maximum absolute atomic E-state index is 14.5. The van der Waals surface area contributed by atoms with Gasteiger partial charge in [-0.3, -0.25) is 13.9 Å². The highest BCUT2D eigenvalue weighted by Gasteiger charge is 2.48. The van der Waals surface area contributed by atoms with E-state index in [-0.39, 0.29) is 21.8 Å². The van der Waals surface area contributed by atoms with E-state index in [4.69, 9.17) is 0 Å². The number of anilines is 1. The van der Waals surface area contributed by atoms with Crippen molar-refractivity contribution in [1.29, 1.82) is 0 Å². The molecule has 0 saturated heterocycles. The number of benzene rings is 4. The molecule has 0 amide bonds. The van der Waals surface area contributed by atoms with E-state index in [1.807, 2.05) is 37.3 Å². The van der Waals surface area contributed by atoms with E-state index in [0.717, 1.165) is 11.1 Å². The van der Waals surface area contributed by atoms with Gasteiger partial charge in [0.2, 0.25) is 0 Å². The first-order chi connectivity index (χ1) is 19.2. The summed E-state index contributed by atoms with van der Waals surface area (Å²) in [5, 5.41) is 0. The van der Waals surface area contributed by atoms with Gasteiger partial charge in [-0.25, -0.2) is 8.42 Å².